The Morgan fingerprint density at radius 3 is 2.46 bits per heavy atom. The fourth-order valence-electron chi connectivity index (χ4n) is 2.52. The first kappa shape index (κ1) is 15.5. The van der Waals surface area contributed by atoms with E-state index in [1.54, 1.807) is 6.08 Å². The Morgan fingerprint density at radius 2 is 1.71 bits per heavy atom. The van der Waals surface area contributed by atoms with E-state index in [-0.39, 0.29) is 5.57 Å². The summed E-state index contributed by atoms with van der Waals surface area (Å²) in [6.07, 6.45) is 1.63. The number of carbonyl (C=O) groups excluding carboxylic acids is 1. The summed E-state index contributed by atoms with van der Waals surface area (Å²) in [6, 6.07) is 23.2. The van der Waals surface area contributed by atoms with Crippen LogP contribution in [0.4, 0.5) is 5.69 Å². The minimum absolute atomic E-state index is 0.0759. The fraction of sp³-hybridized carbons (Fsp3) is 0.0476. The minimum Gasteiger partial charge on any atom is -0.321 e. The van der Waals surface area contributed by atoms with Gasteiger partial charge in [-0.3, -0.25) is 4.79 Å². The molecule has 0 bridgehead atoms. The molecule has 24 heavy (non-hydrogen) atoms. The zero-order valence-electron chi connectivity index (χ0n) is 13.3. The molecule has 1 amide bonds. The van der Waals surface area contributed by atoms with E-state index < -0.39 is 5.91 Å². The highest BCUT2D eigenvalue weighted by Crippen LogP contribution is 2.21. The molecule has 0 saturated heterocycles. The fourth-order valence-corrected chi connectivity index (χ4v) is 2.52. The molecular formula is C21H16N2O. The van der Waals surface area contributed by atoms with Crippen molar-refractivity contribution in [3.05, 3.63) is 83.4 Å². The van der Waals surface area contributed by atoms with Crippen molar-refractivity contribution in [2.45, 2.75) is 6.92 Å². The number of anilines is 1. The molecule has 0 aliphatic rings. The van der Waals surface area contributed by atoms with Crippen LogP contribution in [0.1, 0.15) is 11.1 Å². The lowest BCUT2D eigenvalue weighted by Crippen LogP contribution is -2.13. The SMILES string of the molecule is Cc1ccc(NC(=O)/C(C#N)=C\c2cccc3ccccc23)cc1. The first-order valence-electron chi connectivity index (χ1n) is 7.65. The molecule has 3 nitrogen and oxygen atoms in total. The van der Waals surface area contributed by atoms with E-state index in [1.165, 1.54) is 0 Å². The van der Waals surface area contributed by atoms with Crippen LogP contribution in [0.5, 0.6) is 0 Å². The maximum atomic E-state index is 12.4. The zero-order valence-corrected chi connectivity index (χ0v) is 13.3. The average Bonchev–Trinajstić information content (AvgIpc) is 2.61. The summed E-state index contributed by atoms with van der Waals surface area (Å²) < 4.78 is 0. The predicted molar refractivity (Wildman–Crippen MR) is 97.3 cm³/mol. The number of fused-ring (bicyclic) bond motifs is 1. The number of hydrogen-bond acceptors (Lipinski definition) is 2. The van der Waals surface area contributed by atoms with Crippen molar-refractivity contribution in [1.29, 1.82) is 5.26 Å². The maximum absolute atomic E-state index is 12.4. The summed E-state index contributed by atoms with van der Waals surface area (Å²) in [5.74, 6) is -0.408. The van der Waals surface area contributed by atoms with Crippen molar-refractivity contribution in [1.82, 2.24) is 0 Å². The molecule has 0 unspecified atom stereocenters. The molecule has 0 heterocycles. The van der Waals surface area contributed by atoms with Gasteiger partial charge in [-0.05, 0) is 41.5 Å². The summed E-state index contributed by atoms with van der Waals surface area (Å²) in [4.78, 5) is 12.4. The predicted octanol–water partition coefficient (Wildman–Crippen LogP) is 4.69. The maximum Gasteiger partial charge on any atom is 0.266 e. The van der Waals surface area contributed by atoms with Crippen molar-refractivity contribution in [3.63, 3.8) is 0 Å². The Morgan fingerprint density at radius 1 is 1.00 bits per heavy atom. The van der Waals surface area contributed by atoms with E-state index in [4.69, 9.17) is 0 Å². The number of nitrogens with zero attached hydrogens (tertiary/aromatic N) is 1. The van der Waals surface area contributed by atoms with Crippen LogP contribution in [-0.2, 0) is 4.79 Å². The first-order chi connectivity index (χ1) is 11.7. The van der Waals surface area contributed by atoms with Gasteiger partial charge in [0.15, 0.2) is 0 Å². The van der Waals surface area contributed by atoms with Gasteiger partial charge in [0.2, 0.25) is 0 Å². The number of amides is 1. The molecule has 3 heteroatoms. The van der Waals surface area contributed by atoms with Crippen LogP contribution in [0.3, 0.4) is 0 Å². The quantitative estimate of drug-likeness (QED) is 0.563. The highest BCUT2D eigenvalue weighted by molar-refractivity contribution is 6.10. The highest BCUT2D eigenvalue weighted by Gasteiger charge is 2.10. The van der Waals surface area contributed by atoms with Gasteiger partial charge >= 0.3 is 0 Å². The molecule has 3 rings (SSSR count). The number of carbonyl (C=O) groups is 1. The third-order valence-corrected chi connectivity index (χ3v) is 3.80. The van der Waals surface area contributed by atoms with Gasteiger partial charge in [0.1, 0.15) is 11.6 Å². The number of benzene rings is 3. The summed E-state index contributed by atoms with van der Waals surface area (Å²) in [6.45, 7) is 1.98. The average molecular weight is 312 g/mol. The van der Waals surface area contributed by atoms with E-state index in [9.17, 15) is 10.1 Å². The van der Waals surface area contributed by atoms with Crippen LogP contribution >= 0.6 is 0 Å². The first-order valence-corrected chi connectivity index (χ1v) is 7.65. The Labute approximate surface area is 140 Å². The molecule has 0 aliphatic carbocycles. The molecule has 3 aromatic rings. The van der Waals surface area contributed by atoms with Crippen molar-refractivity contribution >= 4 is 28.4 Å². The van der Waals surface area contributed by atoms with E-state index >= 15 is 0 Å². The van der Waals surface area contributed by atoms with Crippen molar-refractivity contribution in [2.75, 3.05) is 5.32 Å². The van der Waals surface area contributed by atoms with E-state index in [2.05, 4.69) is 5.32 Å². The van der Waals surface area contributed by atoms with Gasteiger partial charge in [-0.15, -0.1) is 0 Å². The molecule has 3 aromatic carbocycles. The summed E-state index contributed by atoms with van der Waals surface area (Å²) >= 11 is 0. The van der Waals surface area contributed by atoms with Crippen molar-refractivity contribution in [2.24, 2.45) is 0 Å². The van der Waals surface area contributed by atoms with Crippen LogP contribution in [0, 0.1) is 18.3 Å². The van der Waals surface area contributed by atoms with Crippen LogP contribution in [-0.4, -0.2) is 5.91 Å². The van der Waals surface area contributed by atoms with E-state index in [1.807, 2.05) is 79.7 Å². The Bertz CT molecular complexity index is 958. The smallest absolute Gasteiger partial charge is 0.266 e. The number of rotatable bonds is 3. The largest absolute Gasteiger partial charge is 0.321 e. The molecule has 0 fully saturated rings. The number of aryl methyl sites for hydroxylation is 1. The number of nitriles is 1. The van der Waals surface area contributed by atoms with E-state index in [0.717, 1.165) is 21.9 Å². The van der Waals surface area contributed by atoms with Crippen LogP contribution < -0.4 is 5.32 Å². The minimum atomic E-state index is -0.408. The van der Waals surface area contributed by atoms with E-state index in [0.29, 0.717) is 5.69 Å². The van der Waals surface area contributed by atoms with Crippen LogP contribution in [0.15, 0.2) is 72.3 Å². The Kier molecular flexibility index (Phi) is 4.40. The normalized spacial score (nSPS) is 11.1. The zero-order chi connectivity index (χ0) is 16.9. The van der Waals surface area contributed by atoms with Gasteiger partial charge in [0, 0.05) is 5.69 Å². The van der Waals surface area contributed by atoms with Crippen molar-refractivity contribution in [3.8, 4) is 6.07 Å². The molecule has 0 atom stereocenters. The molecule has 0 radical (unpaired) electrons. The summed E-state index contributed by atoms with van der Waals surface area (Å²) in [5, 5.41) is 14.2. The van der Waals surface area contributed by atoms with Gasteiger partial charge in [-0.1, -0.05) is 60.2 Å². The Hall–Kier alpha value is -3.38. The molecular weight excluding hydrogens is 296 g/mol. The van der Waals surface area contributed by atoms with Gasteiger partial charge in [0.25, 0.3) is 5.91 Å². The van der Waals surface area contributed by atoms with Gasteiger partial charge < -0.3 is 5.32 Å². The van der Waals surface area contributed by atoms with Gasteiger partial charge in [-0.2, -0.15) is 5.26 Å². The highest BCUT2D eigenvalue weighted by atomic mass is 16.1. The second kappa shape index (κ2) is 6.80. The van der Waals surface area contributed by atoms with Gasteiger partial charge in [-0.25, -0.2) is 0 Å². The van der Waals surface area contributed by atoms with Crippen LogP contribution in [0.25, 0.3) is 16.8 Å². The number of hydrogen-bond donors (Lipinski definition) is 1. The molecule has 1 N–H and O–H groups in total. The lowest BCUT2D eigenvalue weighted by Gasteiger charge is -2.06. The van der Waals surface area contributed by atoms with Gasteiger partial charge in [0.05, 0.1) is 0 Å². The third-order valence-electron chi connectivity index (χ3n) is 3.80. The summed E-state index contributed by atoms with van der Waals surface area (Å²) in [5.41, 5.74) is 2.71. The summed E-state index contributed by atoms with van der Waals surface area (Å²) in [7, 11) is 0. The Balaban J connectivity index is 1.92. The molecule has 116 valence electrons. The molecule has 0 saturated carbocycles. The monoisotopic (exact) mass is 312 g/mol. The van der Waals surface area contributed by atoms with Crippen molar-refractivity contribution < 1.29 is 4.79 Å². The third kappa shape index (κ3) is 3.34. The topological polar surface area (TPSA) is 52.9 Å². The second-order valence-corrected chi connectivity index (χ2v) is 5.56. The second-order valence-electron chi connectivity index (χ2n) is 5.56. The lowest BCUT2D eigenvalue weighted by molar-refractivity contribution is -0.112. The molecule has 0 aliphatic heterocycles. The number of nitrogens with one attached hydrogen (secondary N) is 1. The van der Waals surface area contributed by atoms with Crippen LogP contribution in [0.2, 0.25) is 0 Å². The lowest BCUT2D eigenvalue weighted by atomic mass is 10.0. The molecule has 0 spiro atoms. The molecule has 0 aromatic heterocycles. The standard InChI is InChI=1S/C21H16N2O/c1-15-9-11-19(12-10-15)23-21(24)18(14-22)13-17-7-4-6-16-5-2-3-8-20(16)17/h2-13H,1H3,(H,23,24)/b18-13-.